The van der Waals surface area contributed by atoms with E-state index in [1.54, 1.807) is 0 Å². The molecule has 0 atom stereocenters. The van der Waals surface area contributed by atoms with Crippen LogP contribution in [0, 0.1) is 0 Å². The van der Waals surface area contributed by atoms with Gasteiger partial charge in [-0.15, -0.1) is 11.6 Å². The lowest BCUT2D eigenvalue weighted by Crippen LogP contribution is -2.26. The maximum absolute atomic E-state index is 5.60. The first kappa shape index (κ1) is 11.3. The molecule has 1 nitrogen and oxygen atoms in total. The molecule has 0 bridgehead atoms. The van der Waals surface area contributed by atoms with Gasteiger partial charge in [0.2, 0.25) is 0 Å². The zero-order chi connectivity index (χ0) is 9.36. The predicted octanol–water partition coefficient (Wildman–Crippen LogP) is 3.32. The van der Waals surface area contributed by atoms with Crippen molar-refractivity contribution in [3.05, 3.63) is 0 Å². The van der Waals surface area contributed by atoms with Crippen LogP contribution >= 0.6 is 11.6 Å². The number of nitrogens with one attached hydrogen (secondary N) is 1. The number of hydrogen-bond acceptors (Lipinski definition) is 1. The SMILES string of the molecule is ClCCCCCCNC1CCCC1. The summed E-state index contributed by atoms with van der Waals surface area (Å²) in [6.07, 6.45) is 10.8. The molecule has 0 radical (unpaired) electrons. The van der Waals surface area contributed by atoms with Gasteiger partial charge in [-0.25, -0.2) is 0 Å². The summed E-state index contributed by atoms with van der Waals surface area (Å²) < 4.78 is 0. The Bertz CT molecular complexity index is 111. The van der Waals surface area contributed by atoms with Crippen LogP contribution in [0.5, 0.6) is 0 Å². The smallest absolute Gasteiger partial charge is 0.0223 e. The lowest BCUT2D eigenvalue weighted by Gasteiger charge is -2.10. The van der Waals surface area contributed by atoms with Gasteiger partial charge in [0.15, 0.2) is 0 Å². The van der Waals surface area contributed by atoms with Gasteiger partial charge in [-0.3, -0.25) is 0 Å². The summed E-state index contributed by atoms with van der Waals surface area (Å²) in [5.41, 5.74) is 0. The molecule has 1 aliphatic carbocycles. The van der Waals surface area contributed by atoms with Crippen LogP contribution in [0.15, 0.2) is 0 Å². The monoisotopic (exact) mass is 203 g/mol. The first-order valence-corrected chi connectivity index (χ1v) is 6.26. The molecular weight excluding hydrogens is 182 g/mol. The lowest BCUT2D eigenvalue weighted by atomic mass is 10.2. The zero-order valence-corrected chi connectivity index (χ0v) is 9.28. The summed E-state index contributed by atoms with van der Waals surface area (Å²) in [7, 11) is 0. The zero-order valence-electron chi connectivity index (χ0n) is 8.53. The molecule has 0 aromatic carbocycles. The van der Waals surface area contributed by atoms with Crippen LogP contribution in [-0.2, 0) is 0 Å². The summed E-state index contributed by atoms with van der Waals surface area (Å²) >= 11 is 5.60. The lowest BCUT2D eigenvalue weighted by molar-refractivity contribution is 0.502. The maximum Gasteiger partial charge on any atom is 0.0223 e. The number of halogens is 1. The van der Waals surface area contributed by atoms with Crippen molar-refractivity contribution in [3.63, 3.8) is 0 Å². The molecule has 1 aliphatic rings. The van der Waals surface area contributed by atoms with Crippen LogP contribution in [-0.4, -0.2) is 18.5 Å². The number of rotatable bonds is 7. The number of hydrogen-bond donors (Lipinski definition) is 1. The summed E-state index contributed by atoms with van der Waals surface area (Å²) in [6, 6.07) is 0.841. The van der Waals surface area contributed by atoms with Gasteiger partial charge >= 0.3 is 0 Å². The van der Waals surface area contributed by atoms with Crippen molar-refractivity contribution in [1.29, 1.82) is 0 Å². The van der Waals surface area contributed by atoms with E-state index < -0.39 is 0 Å². The fraction of sp³-hybridized carbons (Fsp3) is 1.00. The second-order valence-electron chi connectivity index (χ2n) is 4.04. The Morgan fingerprint density at radius 2 is 1.69 bits per heavy atom. The average molecular weight is 204 g/mol. The molecule has 0 heterocycles. The van der Waals surface area contributed by atoms with Gasteiger partial charge in [0.25, 0.3) is 0 Å². The minimum atomic E-state index is 0.829. The quantitative estimate of drug-likeness (QED) is 0.495. The van der Waals surface area contributed by atoms with Gasteiger partial charge in [-0.2, -0.15) is 0 Å². The molecule has 0 unspecified atom stereocenters. The Morgan fingerprint density at radius 3 is 2.38 bits per heavy atom. The molecular formula is C11H22ClN. The van der Waals surface area contributed by atoms with Crippen molar-refractivity contribution < 1.29 is 0 Å². The van der Waals surface area contributed by atoms with Crippen molar-refractivity contribution in [2.75, 3.05) is 12.4 Å². The van der Waals surface area contributed by atoms with Crippen molar-refractivity contribution in [3.8, 4) is 0 Å². The third-order valence-corrected chi connectivity index (χ3v) is 3.12. The van der Waals surface area contributed by atoms with Gasteiger partial charge in [-0.05, 0) is 32.2 Å². The third-order valence-electron chi connectivity index (χ3n) is 2.85. The highest BCUT2D eigenvalue weighted by Crippen LogP contribution is 2.17. The highest BCUT2D eigenvalue weighted by Gasteiger charge is 2.12. The summed E-state index contributed by atoms with van der Waals surface area (Å²) in [6.45, 7) is 1.22. The Morgan fingerprint density at radius 1 is 1.00 bits per heavy atom. The molecule has 13 heavy (non-hydrogen) atoms. The summed E-state index contributed by atoms with van der Waals surface area (Å²) in [5.74, 6) is 0.829. The molecule has 1 rings (SSSR count). The van der Waals surface area contributed by atoms with Gasteiger partial charge in [0.05, 0.1) is 0 Å². The predicted molar refractivity (Wildman–Crippen MR) is 59.4 cm³/mol. The molecule has 2 heteroatoms. The Balaban J connectivity index is 1.78. The average Bonchev–Trinajstić information content (AvgIpc) is 2.63. The fourth-order valence-corrected chi connectivity index (χ4v) is 2.20. The van der Waals surface area contributed by atoms with Gasteiger partial charge in [0.1, 0.15) is 0 Å². The van der Waals surface area contributed by atoms with Crippen LogP contribution in [0.2, 0.25) is 0 Å². The van der Waals surface area contributed by atoms with E-state index in [0.29, 0.717) is 0 Å². The topological polar surface area (TPSA) is 12.0 Å². The molecule has 0 aliphatic heterocycles. The van der Waals surface area contributed by atoms with Crippen LogP contribution in [0.25, 0.3) is 0 Å². The van der Waals surface area contributed by atoms with Crippen molar-refractivity contribution >= 4 is 11.6 Å². The van der Waals surface area contributed by atoms with Crippen molar-refractivity contribution in [2.24, 2.45) is 0 Å². The second kappa shape index (κ2) is 7.64. The van der Waals surface area contributed by atoms with E-state index in [0.717, 1.165) is 11.9 Å². The normalized spacial score (nSPS) is 18.2. The van der Waals surface area contributed by atoms with Gasteiger partial charge in [-0.1, -0.05) is 25.7 Å². The van der Waals surface area contributed by atoms with E-state index >= 15 is 0 Å². The highest BCUT2D eigenvalue weighted by molar-refractivity contribution is 6.17. The largest absolute Gasteiger partial charge is 0.314 e. The van der Waals surface area contributed by atoms with E-state index in [2.05, 4.69) is 5.32 Å². The van der Waals surface area contributed by atoms with Gasteiger partial charge < -0.3 is 5.32 Å². The van der Waals surface area contributed by atoms with Crippen molar-refractivity contribution in [1.82, 2.24) is 5.32 Å². The van der Waals surface area contributed by atoms with E-state index in [-0.39, 0.29) is 0 Å². The molecule has 0 amide bonds. The van der Waals surface area contributed by atoms with Crippen molar-refractivity contribution in [2.45, 2.75) is 57.4 Å². The van der Waals surface area contributed by atoms with E-state index in [4.69, 9.17) is 11.6 Å². The third kappa shape index (κ3) is 5.53. The Hall–Kier alpha value is 0.250. The molecule has 1 fully saturated rings. The van der Waals surface area contributed by atoms with Crippen LogP contribution < -0.4 is 5.32 Å². The van der Waals surface area contributed by atoms with Gasteiger partial charge in [0, 0.05) is 11.9 Å². The molecule has 0 spiro atoms. The maximum atomic E-state index is 5.60. The van der Waals surface area contributed by atoms with E-state index in [9.17, 15) is 0 Å². The number of unbranched alkanes of at least 4 members (excludes halogenated alkanes) is 3. The standard InChI is InChI=1S/C11H22ClN/c12-9-5-1-2-6-10-13-11-7-3-4-8-11/h11,13H,1-10H2. The number of alkyl halides is 1. The van der Waals surface area contributed by atoms with Crippen LogP contribution in [0.1, 0.15) is 51.4 Å². The Labute approximate surface area is 87.2 Å². The minimum Gasteiger partial charge on any atom is -0.314 e. The molecule has 0 saturated heterocycles. The van der Waals surface area contributed by atoms with Crippen LogP contribution in [0.3, 0.4) is 0 Å². The molecule has 1 saturated carbocycles. The molecule has 78 valence electrons. The first-order valence-electron chi connectivity index (χ1n) is 5.73. The summed E-state index contributed by atoms with van der Waals surface area (Å²) in [5, 5.41) is 3.63. The molecule has 0 aromatic heterocycles. The molecule has 0 aromatic rings. The first-order chi connectivity index (χ1) is 6.43. The fourth-order valence-electron chi connectivity index (χ4n) is 2.01. The second-order valence-corrected chi connectivity index (χ2v) is 4.42. The minimum absolute atomic E-state index is 0.829. The highest BCUT2D eigenvalue weighted by atomic mass is 35.5. The Kier molecular flexibility index (Phi) is 6.65. The van der Waals surface area contributed by atoms with E-state index in [1.807, 2.05) is 0 Å². The van der Waals surface area contributed by atoms with Crippen LogP contribution in [0.4, 0.5) is 0 Å². The molecule has 1 N–H and O–H groups in total. The van der Waals surface area contributed by atoms with E-state index in [1.165, 1.54) is 57.9 Å². The summed E-state index contributed by atoms with van der Waals surface area (Å²) in [4.78, 5) is 0.